The molecule has 0 aromatic carbocycles. The van der Waals surface area contributed by atoms with E-state index in [1.54, 1.807) is 0 Å². The second-order valence-corrected chi connectivity index (χ2v) is 3.55. The third kappa shape index (κ3) is 4.02. The largest absolute Gasteiger partial charge is 0.480 e. The van der Waals surface area contributed by atoms with Gasteiger partial charge in [-0.15, -0.1) is 0 Å². The number of aliphatic carboxylic acids is 1. The minimum Gasteiger partial charge on any atom is -0.480 e. The van der Waals surface area contributed by atoms with Crippen LogP contribution in [0, 0.1) is 0 Å². The molecule has 0 unspecified atom stereocenters. The number of carbonyl (C=O) groups excluding carboxylic acids is 1. The summed E-state index contributed by atoms with van der Waals surface area (Å²) >= 11 is 0. The summed E-state index contributed by atoms with van der Waals surface area (Å²) in [5, 5.41) is 8.73. The Balaban J connectivity index is 2.83. The number of methoxy groups -OCH3 is 1. The molecule has 0 saturated heterocycles. The molecule has 1 aromatic rings. The fourth-order valence-corrected chi connectivity index (χ4v) is 1.34. The molecule has 0 radical (unpaired) electrons. The Labute approximate surface area is 103 Å². The normalized spacial score (nSPS) is 10.1. The van der Waals surface area contributed by atoms with Crippen molar-refractivity contribution in [1.29, 1.82) is 0 Å². The van der Waals surface area contributed by atoms with Gasteiger partial charge in [-0.3, -0.25) is 14.4 Å². The molecule has 0 fully saturated rings. The van der Waals surface area contributed by atoms with E-state index in [9.17, 15) is 14.4 Å². The number of hydrogen-bond acceptors (Lipinski definition) is 4. The van der Waals surface area contributed by atoms with Crippen LogP contribution in [0.4, 0.5) is 0 Å². The molecule has 0 aliphatic carbocycles. The van der Waals surface area contributed by atoms with Gasteiger partial charge in [-0.25, -0.2) is 0 Å². The first-order chi connectivity index (χ1) is 8.54. The lowest BCUT2D eigenvalue weighted by molar-refractivity contribution is -0.137. The molecule has 0 spiro atoms. The van der Waals surface area contributed by atoms with E-state index >= 15 is 0 Å². The highest BCUT2D eigenvalue weighted by Crippen LogP contribution is 2.02. The first-order valence-corrected chi connectivity index (χ1v) is 5.23. The van der Waals surface area contributed by atoms with E-state index in [4.69, 9.17) is 9.84 Å². The zero-order valence-corrected chi connectivity index (χ0v) is 9.88. The highest BCUT2D eigenvalue weighted by molar-refractivity contribution is 5.95. The maximum atomic E-state index is 12.0. The minimum atomic E-state index is -1.11. The maximum Gasteiger partial charge on any atom is 0.323 e. The maximum absolute atomic E-state index is 12.0. The number of aromatic nitrogens is 1. The average molecular weight is 254 g/mol. The van der Waals surface area contributed by atoms with Crippen molar-refractivity contribution in [2.45, 2.75) is 0 Å². The molecule has 7 nitrogen and oxygen atoms in total. The number of rotatable bonds is 6. The van der Waals surface area contributed by atoms with Crippen LogP contribution >= 0.6 is 0 Å². The monoisotopic (exact) mass is 254 g/mol. The predicted octanol–water partition coefficient (Wildman–Crippen LogP) is -0.452. The molecule has 0 atom stereocenters. The van der Waals surface area contributed by atoms with Crippen molar-refractivity contribution in [2.24, 2.45) is 0 Å². The number of carboxylic acids is 1. The molecular formula is C11H14N2O5. The lowest BCUT2D eigenvalue weighted by Crippen LogP contribution is -2.38. The summed E-state index contributed by atoms with van der Waals surface area (Å²) in [5.74, 6) is -1.57. The Morgan fingerprint density at radius 3 is 2.67 bits per heavy atom. The topological polar surface area (TPSA) is 99.7 Å². The summed E-state index contributed by atoms with van der Waals surface area (Å²) in [6, 6.07) is 2.56. The van der Waals surface area contributed by atoms with Gasteiger partial charge in [0, 0.05) is 25.9 Å². The van der Waals surface area contributed by atoms with Gasteiger partial charge in [0.1, 0.15) is 6.54 Å². The zero-order valence-electron chi connectivity index (χ0n) is 9.88. The summed E-state index contributed by atoms with van der Waals surface area (Å²) in [4.78, 5) is 37.0. The van der Waals surface area contributed by atoms with E-state index in [0.717, 1.165) is 4.90 Å². The summed E-state index contributed by atoms with van der Waals surface area (Å²) in [6.07, 6.45) is 1.26. The second kappa shape index (κ2) is 6.55. The zero-order chi connectivity index (χ0) is 13.5. The Morgan fingerprint density at radius 1 is 1.44 bits per heavy atom. The number of H-pyrrole nitrogens is 1. The number of carbonyl (C=O) groups is 2. The molecule has 18 heavy (non-hydrogen) atoms. The lowest BCUT2D eigenvalue weighted by atomic mass is 10.2. The Bertz CT molecular complexity index is 462. The van der Waals surface area contributed by atoms with Gasteiger partial charge >= 0.3 is 5.97 Å². The van der Waals surface area contributed by atoms with Crippen LogP contribution in [0.2, 0.25) is 0 Å². The molecule has 98 valence electrons. The van der Waals surface area contributed by atoms with Crippen molar-refractivity contribution in [3.63, 3.8) is 0 Å². The quantitative estimate of drug-likeness (QED) is 0.716. The highest BCUT2D eigenvalue weighted by atomic mass is 16.5. The van der Waals surface area contributed by atoms with Crippen molar-refractivity contribution in [3.05, 3.63) is 34.2 Å². The third-order valence-electron chi connectivity index (χ3n) is 2.21. The standard InChI is InChI=1S/C11H14N2O5/c1-18-5-4-13(7-10(15)16)11(17)8-2-3-9(14)12-6-8/h2-3,6H,4-5,7H2,1H3,(H,12,14)(H,15,16). The van der Waals surface area contributed by atoms with Crippen molar-refractivity contribution in [3.8, 4) is 0 Å². The molecule has 7 heteroatoms. The molecule has 0 aliphatic rings. The molecule has 1 amide bonds. The number of carboxylic acid groups (broad SMARTS) is 1. The van der Waals surface area contributed by atoms with Gasteiger partial charge in [0.05, 0.1) is 12.2 Å². The Hall–Kier alpha value is -2.15. The van der Waals surface area contributed by atoms with Gasteiger partial charge in [-0.1, -0.05) is 0 Å². The fourth-order valence-electron chi connectivity index (χ4n) is 1.34. The van der Waals surface area contributed by atoms with Crippen LogP contribution in [0.3, 0.4) is 0 Å². The third-order valence-corrected chi connectivity index (χ3v) is 2.21. The van der Waals surface area contributed by atoms with E-state index in [1.807, 2.05) is 0 Å². The predicted molar refractivity (Wildman–Crippen MR) is 62.5 cm³/mol. The molecule has 2 N–H and O–H groups in total. The number of hydrogen-bond donors (Lipinski definition) is 2. The first kappa shape index (κ1) is 13.9. The molecule has 1 heterocycles. The summed E-state index contributed by atoms with van der Waals surface area (Å²) in [5.41, 5.74) is -0.0971. The number of ether oxygens (including phenoxy) is 1. The summed E-state index contributed by atoms with van der Waals surface area (Å²) in [7, 11) is 1.46. The molecular weight excluding hydrogens is 240 g/mol. The van der Waals surface area contributed by atoms with E-state index in [-0.39, 0.29) is 24.3 Å². The number of aromatic amines is 1. The van der Waals surface area contributed by atoms with Gasteiger partial charge in [0.2, 0.25) is 5.56 Å². The van der Waals surface area contributed by atoms with Crippen LogP contribution in [0.1, 0.15) is 10.4 Å². The summed E-state index contributed by atoms with van der Waals surface area (Å²) in [6.45, 7) is -0.00947. The van der Waals surface area contributed by atoms with E-state index < -0.39 is 18.4 Å². The van der Waals surface area contributed by atoms with E-state index in [0.29, 0.717) is 0 Å². The number of amides is 1. The van der Waals surface area contributed by atoms with Gasteiger partial charge in [0.15, 0.2) is 0 Å². The fraction of sp³-hybridized carbons (Fsp3) is 0.364. The van der Waals surface area contributed by atoms with E-state index in [1.165, 1.54) is 25.4 Å². The molecule has 0 aliphatic heterocycles. The molecule has 1 rings (SSSR count). The van der Waals surface area contributed by atoms with Crippen LogP contribution in [0.15, 0.2) is 23.1 Å². The first-order valence-electron chi connectivity index (χ1n) is 5.23. The number of pyridine rings is 1. The van der Waals surface area contributed by atoms with Gasteiger partial charge in [-0.2, -0.15) is 0 Å². The van der Waals surface area contributed by atoms with Crippen molar-refractivity contribution in [1.82, 2.24) is 9.88 Å². The van der Waals surface area contributed by atoms with Crippen molar-refractivity contribution < 1.29 is 19.4 Å². The molecule has 1 aromatic heterocycles. The Kier molecular flexibility index (Phi) is 5.06. The van der Waals surface area contributed by atoms with Gasteiger partial charge < -0.3 is 19.7 Å². The Morgan fingerprint density at radius 2 is 2.17 bits per heavy atom. The lowest BCUT2D eigenvalue weighted by Gasteiger charge is -2.20. The van der Waals surface area contributed by atoms with Crippen LogP contribution in [-0.4, -0.2) is 53.7 Å². The average Bonchev–Trinajstić information content (AvgIpc) is 2.34. The molecule has 0 saturated carbocycles. The van der Waals surface area contributed by atoms with E-state index in [2.05, 4.69) is 4.98 Å². The second-order valence-electron chi connectivity index (χ2n) is 3.55. The number of nitrogens with zero attached hydrogens (tertiary/aromatic N) is 1. The minimum absolute atomic E-state index is 0.167. The van der Waals surface area contributed by atoms with Crippen molar-refractivity contribution >= 4 is 11.9 Å². The summed E-state index contributed by atoms with van der Waals surface area (Å²) < 4.78 is 4.81. The van der Waals surface area contributed by atoms with Gasteiger partial charge in [0.25, 0.3) is 5.91 Å². The highest BCUT2D eigenvalue weighted by Gasteiger charge is 2.18. The van der Waals surface area contributed by atoms with Crippen LogP contribution < -0.4 is 5.56 Å². The van der Waals surface area contributed by atoms with Crippen LogP contribution in [0.25, 0.3) is 0 Å². The van der Waals surface area contributed by atoms with Crippen LogP contribution in [0.5, 0.6) is 0 Å². The number of nitrogens with one attached hydrogen (secondary N) is 1. The molecule has 0 bridgehead atoms. The smallest absolute Gasteiger partial charge is 0.323 e. The SMILES string of the molecule is COCCN(CC(=O)O)C(=O)c1ccc(=O)[nH]c1. The van der Waals surface area contributed by atoms with Crippen molar-refractivity contribution in [2.75, 3.05) is 26.8 Å². The van der Waals surface area contributed by atoms with Crippen LogP contribution in [-0.2, 0) is 9.53 Å². The van der Waals surface area contributed by atoms with Gasteiger partial charge in [-0.05, 0) is 6.07 Å².